The van der Waals surface area contributed by atoms with Gasteiger partial charge in [0.2, 0.25) is 0 Å². The molecule has 8 heteroatoms. The maximum atomic E-state index is 14.1. The summed E-state index contributed by atoms with van der Waals surface area (Å²) < 4.78 is 56.6. The third kappa shape index (κ3) is 4.52. The molecule has 1 aromatic carbocycles. The molecule has 0 aliphatic carbocycles. The Morgan fingerprint density at radius 2 is 1.35 bits per heavy atom. The minimum Gasteiger partial charge on any atom is -0.507 e. The number of phenols is 1. The number of hydrogen-bond acceptors (Lipinski definition) is 4. The van der Waals surface area contributed by atoms with Crippen molar-refractivity contribution in [2.45, 2.75) is 69.3 Å². The van der Waals surface area contributed by atoms with Gasteiger partial charge in [0.05, 0.1) is 0 Å². The van der Waals surface area contributed by atoms with Gasteiger partial charge in [-0.2, -0.15) is 17.6 Å². The largest absolute Gasteiger partial charge is 0.507 e. The van der Waals surface area contributed by atoms with E-state index in [9.17, 15) is 27.5 Å². The van der Waals surface area contributed by atoms with Gasteiger partial charge >= 0.3 is 12.0 Å². The molecule has 1 rings (SSSR count). The minimum absolute atomic E-state index is 0.0101. The Hall–Kier alpha value is -1.28. The molecule has 3 nitrogen and oxygen atoms in total. The summed E-state index contributed by atoms with van der Waals surface area (Å²) in [6.45, 7) is 10.9. The number of phenolic OH excluding ortho intramolecular Hbond substituents is 1. The lowest BCUT2D eigenvalue weighted by Crippen LogP contribution is -2.48. The van der Waals surface area contributed by atoms with E-state index in [4.69, 9.17) is 0 Å². The van der Waals surface area contributed by atoms with Gasteiger partial charge in [0.1, 0.15) is 5.75 Å². The van der Waals surface area contributed by atoms with Crippen LogP contribution in [0.1, 0.15) is 52.7 Å². The molecule has 0 radical (unpaired) electrons. The highest BCUT2D eigenvalue weighted by Crippen LogP contribution is 2.44. The summed E-state index contributed by atoms with van der Waals surface area (Å²) in [4.78, 5) is 12.1. The Morgan fingerprint density at radius 3 is 1.62 bits per heavy atom. The summed E-state index contributed by atoms with van der Waals surface area (Å²) in [6, 6.07) is 2.80. The number of alkyl halides is 4. The van der Waals surface area contributed by atoms with Crippen molar-refractivity contribution in [3.8, 4) is 5.75 Å². The van der Waals surface area contributed by atoms with Crippen LogP contribution in [0.4, 0.5) is 17.6 Å². The lowest BCUT2D eigenvalue weighted by molar-refractivity contribution is -0.302. The van der Waals surface area contributed by atoms with Crippen molar-refractivity contribution in [1.82, 2.24) is 0 Å². The molecule has 0 aliphatic rings. The number of benzene rings is 1. The Morgan fingerprint density at radius 1 is 0.962 bits per heavy atom. The van der Waals surface area contributed by atoms with Gasteiger partial charge in [-0.25, -0.2) is 0 Å². The van der Waals surface area contributed by atoms with E-state index in [1.165, 1.54) is 12.1 Å². The fourth-order valence-electron chi connectivity index (χ4n) is 2.30. The molecular weight excluding hydrogens is 372 g/mol. The van der Waals surface area contributed by atoms with Crippen LogP contribution in [0.15, 0.2) is 17.0 Å². The highest BCUT2D eigenvalue weighted by atomic mass is 32.2. The van der Waals surface area contributed by atoms with E-state index in [1.54, 1.807) is 0 Å². The zero-order valence-electron chi connectivity index (χ0n) is 15.8. The Balaban J connectivity index is 3.49. The van der Waals surface area contributed by atoms with Crippen LogP contribution in [0.2, 0.25) is 0 Å². The third-order valence-electron chi connectivity index (χ3n) is 3.82. The molecule has 0 heterocycles. The standard InChI is InChI=1S/C18H24F4O3S/c1-15(2,3)11-8-10(9-12(13(11)23)16(4,5)6)26-14(24)17(19,25-7)18(20,21)22/h8-9,23H,1-7H3/t17-/m1/s1. The highest BCUT2D eigenvalue weighted by Gasteiger charge is 2.63. The Kier molecular flexibility index (Phi) is 6.16. The van der Waals surface area contributed by atoms with Crippen LogP contribution >= 0.6 is 11.8 Å². The molecule has 0 unspecified atom stereocenters. The molecule has 0 amide bonds. The predicted molar refractivity (Wildman–Crippen MR) is 93.3 cm³/mol. The van der Waals surface area contributed by atoms with E-state index in [0.29, 0.717) is 18.2 Å². The number of rotatable bonds is 3. The lowest BCUT2D eigenvalue weighted by atomic mass is 9.79. The van der Waals surface area contributed by atoms with E-state index >= 15 is 0 Å². The SMILES string of the molecule is CO[C@](F)(C(=O)Sc1cc(C(C)(C)C)c(O)c(C(C)(C)C)c1)C(F)(F)F. The molecule has 26 heavy (non-hydrogen) atoms. The van der Waals surface area contributed by atoms with Crippen molar-refractivity contribution in [3.63, 3.8) is 0 Å². The van der Waals surface area contributed by atoms with Gasteiger partial charge in [0.25, 0.3) is 5.12 Å². The normalized spacial score (nSPS) is 15.7. The summed E-state index contributed by atoms with van der Waals surface area (Å²) in [7, 11) is 0.490. The molecule has 0 aliphatic heterocycles. The predicted octanol–water partition coefficient (Wildman–Crippen LogP) is 5.48. The minimum atomic E-state index is -5.50. The zero-order valence-corrected chi connectivity index (χ0v) is 16.7. The van der Waals surface area contributed by atoms with E-state index in [1.807, 2.05) is 41.5 Å². The van der Waals surface area contributed by atoms with Gasteiger partial charge in [-0.05, 0) is 34.7 Å². The number of thioether (sulfide) groups is 1. The van der Waals surface area contributed by atoms with E-state index in [-0.39, 0.29) is 22.4 Å². The maximum absolute atomic E-state index is 14.1. The molecule has 1 aromatic rings. The van der Waals surface area contributed by atoms with Gasteiger partial charge < -0.3 is 9.84 Å². The molecule has 0 aromatic heterocycles. The topological polar surface area (TPSA) is 46.5 Å². The van der Waals surface area contributed by atoms with Crippen molar-refractivity contribution >= 4 is 16.9 Å². The number of carbonyl (C=O) groups is 1. The fourth-order valence-corrected chi connectivity index (χ4v) is 3.20. The number of ether oxygens (including phenoxy) is 1. The molecule has 0 bridgehead atoms. The van der Waals surface area contributed by atoms with Crippen LogP contribution in [0.25, 0.3) is 0 Å². The Bertz CT molecular complexity index is 652. The average Bonchev–Trinajstić information content (AvgIpc) is 2.44. The molecule has 148 valence electrons. The first-order valence-electron chi connectivity index (χ1n) is 7.86. The lowest BCUT2D eigenvalue weighted by Gasteiger charge is -2.28. The first-order chi connectivity index (χ1) is 11.4. The van der Waals surface area contributed by atoms with Crippen molar-refractivity contribution in [3.05, 3.63) is 23.3 Å². The van der Waals surface area contributed by atoms with E-state index in [2.05, 4.69) is 4.74 Å². The molecular formula is C18H24F4O3S. The summed E-state index contributed by atoms with van der Waals surface area (Å²) >= 11 is 0.101. The van der Waals surface area contributed by atoms with Gasteiger partial charge in [0.15, 0.2) is 0 Å². The summed E-state index contributed by atoms with van der Waals surface area (Å²) in [6.07, 6.45) is -5.50. The van der Waals surface area contributed by atoms with Crippen molar-refractivity contribution < 1.29 is 32.2 Å². The second kappa shape index (κ2) is 7.03. The third-order valence-corrected chi connectivity index (χ3v) is 4.74. The number of hydrogen-bond donors (Lipinski definition) is 1. The number of carbonyl (C=O) groups excluding carboxylic acids is 1. The summed E-state index contributed by atoms with van der Waals surface area (Å²) in [5, 5.41) is 8.76. The number of methoxy groups -OCH3 is 1. The summed E-state index contributed by atoms with van der Waals surface area (Å²) in [5.41, 5.74) is -0.174. The van der Waals surface area contributed by atoms with Crippen LogP contribution in [-0.2, 0) is 20.4 Å². The van der Waals surface area contributed by atoms with Gasteiger partial charge in [-0.1, -0.05) is 41.5 Å². The average molecular weight is 396 g/mol. The molecule has 0 saturated heterocycles. The van der Waals surface area contributed by atoms with Crippen LogP contribution in [0.5, 0.6) is 5.75 Å². The van der Waals surface area contributed by atoms with Crippen molar-refractivity contribution in [1.29, 1.82) is 0 Å². The first kappa shape index (κ1) is 22.8. The molecule has 0 fully saturated rings. The van der Waals surface area contributed by atoms with Crippen molar-refractivity contribution in [2.75, 3.05) is 7.11 Å². The van der Waals surface area contributed by atoms with Crippen molar-refractivity contribution in [2.24, 2.45) is 0 Å². The number of halogens is 4. The van der Waals surface area contributed by atoms with Crippen LogP contribution in [0.3, 0.4) is 0 Å². The molecule has 1 atom stereocenters. The summed E-state index contributed by atoms with van der Waals surface area (Å²) in [5.74, 6) is -4.39. The van der Waals surface area contributed by atoms with Crippen LogP contribution in [0, 0.1) is 0 Å². The highest BCUT2D eigenvalue weighted by molar-refractivity contribution is 8.13. The smallest absolute Gasteiger partial charge is 0.457 e. The second-order valence-corrected chi connectivity index (χ2v) is 9.10. The quantitative estimate of drug-likeness (QED) is 0.543. The first-order valence-corrected chi connectivity index (χ1v) is 8.68. The molecule has 1 N–H and O–H groups in total. The fraction of sp³-hybridized carbons (Fsp3) is 0.611. The molecule has 0 saturated carbocycles. The van der Waals surface area contributed by atoms with Gasteiger partial charge in [0, 0.05) is 23.1 Å². The molecule has 0 spiro atoms. The van der Waals surface area contributed by atoms with E-state index in [0.717, 1.165) is 0 Å². The maximum Gasteiger partial charge on any atom is 0.457 e. The van der Waals surface area contributed by atoms with Crippen LogP contribution < -0.4 is 0 Å². The van der Waals surface area contributed by atoms with Gasteiger partial charge in [-0.15, -0.1) is 0 Å². The Labute approximate surface area is 155 Å². The van der Waals surface area contributed by atoms with E-state index < -0.39 is 28.0 Å². The van der Waals surface area contributed by atoms with Crippen LogP contribution in [-0.4, -0.2) is 29.4 Å². The monoisotopic (exact) mass is 396 g/mol. The number of aromatic hydroxyl groups is 1. The van der Waals surface area contributed by atoms with Gasteiger partial charge in [-0.3, -0.25) is 4.79 Å². The zero-order chi connectivity index (χ0) is 20.7. The second-order valence-electron chi connectivity index (χ2n) is 8.05.